The Morgan fingerprint density at radius 2 is 1.82 bits per heavy atom. The van der Waals surface area contributed by atoms with Crippen LogP contribution in [0.15, 0.2) is 0 Å². The van der Waals surface area contributed by atoms with Crippen LogP contribution in [0.3, 0.4) is 0 Å². The number of hydrogen-bond acceptors (Lipinski definition) is 1. The Morgan fingerprint density at radius 1 is 1.29 bits per heavy atom. The second kappa shape index (κ2) is 7.18. The molecule has 1 saturated carbocycles. The Kier molecular flexibility index (Phi) is 7.04. The van der Waals surface area contributed by atoms with Gasteiger partial charge in [0.1, 0.15) is 5.78 Å². The summed E-state index contributed by atoms with van der Waals surface area (Å²) < 4.78 is 0. The van der Waals surface area contributed by atoms with Crippen LogP contribution in [0.25, 0.3) is 0 Å². The van der Waals surface area contributed by atoms with Gasteiger partial charge in [-0.15, -0.1) is 0 Å². The highest BCUT2D eigenvalue weighted by Gasteiger charge is 2.40. The van der Waals surface area contributed by atoms with Crippen molar-refractivity contribution < 1.29 is 4.79 Å². The van der Waals surface area contributed by atoms with Gasteiger partial charge >= 0.3 is 0 Å². The fourth-order valence-electron chi connectivity index (χ4n) is 3.25. The van der Waals surface area contributed by atoms with Gasteiger partial charge in [-0.3, -0.25) is 4.79 Å². The first-order valence-corrected chi connectivity index (χ1v) is 7.37. The summed E-state index contributed by atoms with van der Waals surface area (Å²) in [5.41, 5.74) is 0.226. The Balaban J connectivity index is 0.00000121. The molecule has 1 fully saturated rings. The predicted octanol–water partition coefficient (Wildman–Crippen LogP) is 5.09. The largest absolute Gasteiger partial charge is 0.299 e. The molecule has 1 nitrogen and oxygen atoms in total. The van der Waals surface area contributed by atoms with Crippen LogP contribution in [0.4, 0.5) is 0 Å². The molecule has 0 radical (unpaired) electrons. The topological polar surface area (TPSA) is 17.1 Å². The zero-order chi connectivity index (χ0) is 13.6. The summed E-state index contributed by atoms with van der Waals surface area (Å²) in [4.78, 5) is 12.2. The Bertz CT molecular complexity index is 228. The molecule has 0 aromatic rings. The number of carbonyl (C=O) groups is 1. The maximum atomic E-state index is 12.2. The molecule has 0 aromatic carbocycles. The van der Waals surface area contributed by atoms with Crippen molar-refractivity contribution in [1.82, 2.24) is 0 Å². The van der Waals surface area contributed by atoms with Crippen molar-refractivity contribution in [2.75, 3.05) is 0 Å². The van der Waals surface area contributed by atoms with Crippen molar-refractivity contribution >= 4 is 5.78 Å². The van der Waals surface area contributed by atoms with Gasteiger partial charge in [0.05, 0.1) is 0 Å². The zero-order valence-corrected chi connectivity index (χ0v) is 13.0. The summed E-state index contributed by atoms with van der Waals surface area (Å²) in [6.45, 7) is 15.1. The molecule has 0 aromatic heterocycles. The predicted molar refractivity (Wildman–Crippen MR) is 76.1 cm³/mol. The van der Waals surface area contributed by atoms with Crippen LogP contribution in [0.1, 0.15) is 74.1 Å². The molecule has 0 amide bonds. The summed E-state index contributed by atoms with van der Waals surface area (Å²) in [5.74, 6) is 1.89. The lowest BCUT2D eigenvalue weighted by molar-refractivity contribution is -0.131. The first-order valence-electron chi connectivity index (χ1n) is 7.37. The van der Waals surface area contributed by atoms with E-state index in [0.717, 1.165) is 6.42 Å². The van der Waals surface area contributed by atoms with Crippen molar-refractivity contribution in [2.45, 2.75) is 74.1 Å². The van der Waals surface area contributed by atoms with E-state index >= 15 is 0 Å². The molecular weight excluding hydrogens is 208 g/mol. The minimum atomic E-state index is 0.226. The molecule has 1 rings (SSSR count). The van der Waals surface area contributed by atoms with E-state index in [0.29, 0.717) is 23.5 Å². The monoisotopic (exact) mass is 240 g/mol. The van der Waals surface area contributed by atoms with E-state index in [1.807, 2.05) is 13.8 Å². The molecule has 102 valence electrons. The summed E-state index contributed by atoms with van der Waals surface area (Å²) in [7, 11) is 0. The Morgan fingerprint density at radius 3 is 2.24 bits per heavy atom. The maximum absolute atomic E-state index is 12.2. The van der Waals surface area contributed by atoms with Crippen molar-refractivity contribution in [1.29, 1.82) is 0 Å². The van der Waals surface area contributed by atoms with E-state index in [1.165, 1.54) is 19.3 Å². The molecule has 0 spiro atoms. The van der Waals surface area contributed by atoms with Gasteiger partial charge in [-0.25, -0.2) is 0 Å². The van der Waals surface area contributed by atoms with E-state index in [9.17, 15) is 4.79 Å². The van der Waals surface area contributed by atoms with E-state index in [4.69, 9.17) is 0 Å². The van der Waals surface area contributed by atoms with Gasteiger partial charge in [0.2, 0.25) is 0 Å². The zero-order valence-electron chi connectivity index (χ0n) is 13.0. The molecule has 0 heterocycles. The summed E-state index contributed by atoms with van der Waals surface area (Å²) in [5, 5.41) is 0. The van der Waals surface area contributed by atoms with E-state index < -0.39 is 0 Å². The quantitative estimate of drug-likeness (QED) is 0.671. The number of hydrogen-bond donors (Lipinski definition) is 0. The molecule has 17 heavy (non-hydrogen) atoms. The van der Waals surface area contributed by atoms with Crippen LogP contribution in [0.5, 0.6) is 0 Å². The Hall–Kier alpha value is -0.330. The SMILES string of the molecule is CC.CC(C)CC(=O)C1[C@H](C)CCCC1(C)C. The normalized spacial score (nSPS) is 27.3. The first-order chi connectivity index (χ1) is 7.84. The van der Waals surface area contributed by atoms with E-state index in [2.05, 4.69) is 34.6 Å². The minimum Gasteiger partial charge on any atom is -0.299 e. The highest BCUT2D eigenvalue weighted by molar-refractivity contribution is 5.82. The summed E-state index contributed by atoms with van der Waals surface area (Å²) in [6.07, 6.45) is 4.50. The molecule has 1 unspecified atom stereocenters. The average molecular weight is 240 g/mol. The lowest BCUT2D eigenvalue weighted by Gasteiger charge is -2.42. The van der Waals surface area contributed by atoms with Gasteiger partial charge in [0, 0.05) is 12.3 Å². The van der Waals surface area contributed by atoms with Gasteiger partial charge in [-0.1, -0.05) is 54.9 Å². The fourth-order valence-corrected chi connectivity index (χ4v) is 3.25. The van der Waals surface area contributed by atoms with E-state index in [-0.39, 0.29) is 5.41 Å². The van der Waals surface area contributed by atoms with Crippen molar-refractivity contribution in [3.63, 3.8) is 0 Å². The van der Waals surface area contributed by atoms with Gasteiger partial charge < -0.3 is 0 Å². The van der Waals surface area contributed by atoms with Gasteiger partial charge in [0.15, 0.2) is 0 Å². The molecule has 0 N–H and O–H groups in total. The Labute approximate surface area is 108 Å². The number of carbonyl (C=O) groups excluding carboxylic acids is 1. The molecule has 2 atom stereocenters. The van der Waals surface area contributed by atoms with Crippen molar-refractivity contribution in [3.8, 4) is 0 Å². The molecule has 0 aliphatic heterocycles. The average Bonchev–Trinajstić information content (AvgIpc) is 2.17. The van der Waals surface area contributed by atoms with E-state index in [1.54, 1.807) is 0 Å². The first kappa shape index (κ1) is 16.7. The maximum Gasteiger partial charge on any atom is 0.137 e. The third-order valence-corrected chi connectivity index (χ3v) is 3.85. The summed E-state index contributed by atoms with van der Waals surface area (Å²) >= 11 is 0. The highest BCUT2D eigenvalue weighted by atomic mass is 16.1. The van der Waals surface area contributed by atoms with Gasteiger partial charge in [-0.2, -0.15) is 0 Å². The van der Waals surface area contributed by atoms with Gasteiger partial charge in [-0.05, 0) is 30.1 Å². The molecule has 1 aliphatic carbocycles. The standard InChI is InChI=1S/C14H26O.C2H6/c1-10(2)9-12(15)13-11(3)7-6-8-14(13,4)5;1-2/h10-11,13H,6-9H2,1-5H3;1-2H3/t11-,13?;/m1./s1. The lowest BCUT2D eigenvalue weighted by Crippen LogP contribution is -2.39. The van der Waals surface area contributed by atoms with Crippen LogP contribution in [-0.2, 0) is 4.79 Å². The van der Waals surface area contributed by atoms with Crippen LogP contribution in [-0.4, -0.2) is 5.78 Å². The smallest absolute Gasteiger partial charge is 0.137 e. The van der Waals surface area contributed by atoms with Crippen molar-refractivity contribution in [3.05, 3.63) is 0 Å². The number of ketones is 1. The molecule has 0 saturated heterocycles. The highest BCUT2D eigenvalue weighted by Crippen LogP contribution is 2.44. The molecular formula is C16H32O. The van der Waals surface area contributed by atoms with Crippen LogP contribution in [0, 0.1) is 23.2 Å². The fraction of sp³-hybridized carbons (Fsp3) is 0.938. The minimum absolute atomic E-state index is 0.226. The second-order valence-electron chi connectivity index (χ2n) is 6.40. The molecule has 1 aliphatic rings. The van der Waals surface area contributed by atoms with Crippen LogP contribution in [0.2, 0.25) is 0 Å². The number of rotatable bonds is 3. The third kappa shape index (κ3) is 4.81. The van der Waals surface area contributed by atoms with Gasteiger partial charge in [0.25, 0.3) is 0 Å². The molecule has 0 bridgehead atoms. The lowest BCUT2D eigenvalue weighted by atomic mass is 9.62. The van der Waals surface area contributed by atoms with Crippen molar-refractivity contribution in [2.24, 2.45) is 23.2 Å². The summed E-state index contributed by atoms with van der Waals surface area (Å²) in [6, 6.07) is 0. The van der Waals surface area contributed by atoms with Crippen LogP contribution < -0.4 is 0 Å². The van der Waals surface area contributed by atoms with Crippen LogP contribution >= 0.6 is 0 Å². The third-order valence-electron chi connectivity index (χ3n) is 3.85. The second-order valence-corrected chi connectivity index (χ2v) is 6.40. The number of Topliss-reactive ketones (excluding diaryl/α,β-unsaturated/α-hetero) is 1. The molecule has 1 heteroatoms.